The van der Waals surface area contributed by atoms with Crippen molar-refractivity contribution < 1.29 is 9.47 Å². The summed E-state index contributed by atoms with van der Waals surface area (Å²) in [6.07, 6.45) is 0. The number of benzene rings is 12. The van der Waals surface area contributed by atoms with E-state index in [1.807, 2.05) is 0 Å². The molecule has 0 saturated heterocycles. The number of para-hydroxylation sites is 4. The number of ether oxygens (including phenoxy) is 2. The van der Waals surface area contributed by atoms with E-state index >= 15 is 0 Å². The number of anilines is 3. The average Bonchev–Trinajstić information content (AvgIpc) is 4.12. The van der Waals surface area contributed by atoms with Gasteiger partial charge in [0, 0.05) is 39.3 Å². The summed E-state index contributed by atoms with van der Waals surface area (Å²) in [6, 6.07) is 100.0. The Morgan fingerprint density at radius 3 is 1.13 bits per heavy atom. The van der Waals surface area contributed by atoms with Gasteiger partial charge in [-0.1, -0.05) is 200 Å². The third-order valence-corrected chi connectivity index (χ3v) is 16.6. The van der Waals surface area contributed by atoms with Crippen LogP contribution in [0.1, 0.15) is 44.5 Å². The minimum absolute atomic E-state index is 0.542. The van der Waals surface area contributed by atoms with E-state index in [-0.39, 0.29) is 0 Å². The van der Waals surface area contributed by atoms with Crippen molar-refractivity contribution >= 4 is 27.8 Å². The maximum absolute atomic E-state index is 6.74. The van der Waals surface area contributed by atoms with Crippen LogP contribution in [0.15, 0.2) is 273 Å². The molecule has 16 rings (SSSR count). The Morgan fingerprint density at radius 1 is 0.227 bits per heavy atom. The van der Waals surface area contributed by atoms with E-state index in [0.717, 1.165) is 56.8 Å². The molecule has 0 fully saturated rings. The second kappa shape index (κ2) is 15.9. The summed E-state index contributed by atoms with van der Waals surface area (Å²) >= 11 is 0. The van der Waals surface area contributed by atoms with Crippen molar-refractivity contribution in [2.75, 3.05) is 4.90 Å². The molecule has 2 aliphatic heterocycles. The molecule has 350 valence electrons. The first kappa shape index (κ1) is 41.9. The standard InChI is InChI=1S/C72H45NO2/c1-2-16-46(17-3-1)47-30-32-48(33-31-47)49-34-37-52(38-35-49)73(54-40-41-57-55-18-4-6-20-59(55)72(66(57)45-54)63-24-10-14-28-69(63)75-70-29-15-11-25-64(70)72)53-39-36-50-44-65-58(43-51(50)42-53)56-19-5-7-21-60(56)71(65)61-22-8-12-26-67(61)74-68-27-13-9-23-62(68)71/h1-45H. The van der Waals surface area contributed by atoms with Gasteiger partial charge in [-0.25, -0.2) is 0 Å². The van der Waals surface area contributed by atoms with Crippen molar-refractivity contribution in [1.82, 2.24) is 0 Å². The van der Waals surface area contributed by atoms with Gasteiger partial charge in [0.25, 0.3) is 0 Å². The predicted molar refractivity (Wildman–Crippen MR) is 304 cm³/mol. The highest BCUT2D eigenvalue weighted by Gasteiger charge is 2.53. The topological polar surface area (TPSA) is 21.7 Å². The molecule has 0 aromatic heterocycles. The van der Waals surface area contributed by atoms with Gasteiger partial charge >= 0.3 is 0 Å². The Morgan fingerprint density at radius 2 is 0.600 bits per heavy atom. The third kappa shape index (κ3) is 5.86. The largest absolute Gasteiger partial charge is 0.457 e. The highest BCUT2D eigenvalue weighted by atomic mass is 16.5. The van der Waals surface area contributed by atoms with Crippen LogP contribution in [0.5, 0.6) is 23.0 Å². The zero-order valence-electron chi connectivity index (χ0n) is 40.7. The molecule has 0 atom stereocenters. The lowest BCUT2D eigenvalue weighted by Gasteiger charge is -2.39. The van der Waals surface area contributed by atoms with Crippen LogP contribution >= 0.6 is 0 Å². The van der Waals surface area contributed by atoms with Gasteiger partial charge in [0.2, 0.25) is 0 Å². The first-order valence-electron chi connectivity index (χ1n) is 25.9. The van der Waals surface area contributed by atoms with Gasteiger partial charge in [-0.2, -0.15) is 0 Å². The van der Waals surface area contributed by atoms with Crippen LogP contribution in [0.25, 0.3) is 55.3 Å². The molecule has 3 nitrogen and oxygen atoms in total. The van der Waals surface area contributed by atoms with Crippen LogP contribution in [0.3, 0.4) is 0 Å². The first-order valence-corrected chi connectivity index (χ1v) is 25.9. The fourth-order valence-corrected chi connectivity index (χ4v) is 13.4. The van der Waals surface area contributed by atoms with Crippen molar-refractivity contribution in [2.45, 2.75) is 10.8 Å². The second-order valence-electron chi connectivity index (χ2n) is 20.3. The molecule has 75 heavy (non-hydrogen) atoms. The zero-order valence-corrected chi connectivity index (χ0v) is 40.7. The molecule has 0 N–H and O–H groups in total. The van der Waals surface area contributed by atoms with Crippen LogP contribution in [-0.2, 0) is 10.8 Å². The Balaban J connectivity index is 0.898. The molecule has 2 heterocycles. The monoisotopic (exact) mass is 955 g/mol. The van der Waals surface area contributed by atoms with E-state index in [0.29, 0.717) is 0 Å². The zero-order chi connectivity index (χ0) is 49.2. The predicted octanol–water partition coefficient (Wildman–Crippen LogP) is 18.6. The van der Waals surface area contributed by atoms with E-state index in [1.165, 1.54) is 83.1 Å². The van der Waals surface area contributed by atoms with Gasteiger partial charge in [0.05, 0.1) is 10.8 Å². The summed E-state index contributed by atoms with van der Waals surface area (Å²) in [5.41, 5.74) is 21.5. The molecule has 2 aliphatic carbocycles. The number of rotatable bonds is 5. The normalized spacial score (nSPS) is 14.0. The Bertz CT molecular complexity index is 4220. The molecule has 0 amide bonds. The molecule has 0 bridgehead atoms. The highest BCUT2D eigenvalue weighted by Crippen LogP contribution is 2.64. The number of nitrogens with zero attached hydrogens (tertiary/aromatic N) is 1. The molecular weight excluding hydrogens is 911 g/mol. The maximum Gasteiger partial charge on any atom is 0.132 e. The van der Waals surface area contributed by atoms with Crippen molar-refractivity contribution in [3.8, 4) is 67.5 Å². The summed E-state index contributed by atoms with van der Waals surface area (Å²) in [7, 11) is 0. The molecule has 0 radical (unpaired) electrons. The molecule has 4 aliphatic rings. The van der Waals surface area contributed by atoms with E-state index in [1.54, 1.807) is 0 Å². The van der Waals surface area contributed by atoms with Crippen molar-refractivity contribution in [3.63, 3.8) is 0 Å². The number of hydrogen-bond donors (Lipinski definition) is 0. The fourth-order valence-electron chi connectivity index (χ4n) is 13.4. The third-order valence-electron chi connectivity index (χ3n) is 16.6. The molecule has 0 saturated carbocycles. The lowest BCUT2D eigenvalue weighted by Crippen LogP contribution is -2.32. The van der Waals surface area contributed by atoms with Crippen LogP contribution in [0, 0.1) is 0 Å². The lowest BCUT2D eigenvalue weighted by atomic mass is 9.66. The van der Waals surface area contributed by atoms with Gasteiger partial charge in [-0.15, -0.1) is 0 Å². The molecule has 3 heteroatoms. The van der Waals surface area contributed by atoms with E-state index in [9.17, 15) is 0 Å². The molecule has 12 aromatic carbocycles. The average molecular weight is 956 g/mol. The van der Waals surface area contributed by atoms with Gasteiger partial charge in [0.1, 0.15) is 23.0 Å². The first-order chi connectivity index (χ1) is 37.2. The quantitative estimate of drug-likeness (QED) is 0.172. The van der Waals surface area contributed by atoms with Crippen LogP contribution in [-0.4, -0.2) is 0 Å². The van der Waals surface area contributed by atoms with Crippen LogP contribution in [0.2, 0.25) is 0 Å². The van der Waals surface area contributed by atoms with E-state index in [2.05, 4.69) is 278 Å². The number of fused-ring (bicyclic) bond motifs is 19. The summed E-state index contributed by atoms with van der Waals surface area (Å²) in [5, 5.41) is 2.35. The van der Waals surface area contributed by atoms with Crippen LogP contribution < -0.4 is 14.4 Å². The van der Waals surface area contributed by atoms with E-state index < -0.39 is 10.8 Å². The SMILES string of the molecule is c1ccc(-c2ccc(-c3ccc(N(c4ccc5c(c4)C4(c6ccccc6Oc6ccccc64)c4ccccc4-5)c4ccc5cc6c(cc5c4)-c4ccccc4C64c5ccccc5Oc5ccccc54)cc3)cc2)cc1. The van der Waals surface area contributed by atoms with Crippen molar-refractivity contribution in [1.29, 1.82) is 0 Å². The highest BCUT2D eigenvalue weighted by molar-refractivity contribution is 5.99. The van der Waals surface area contributed by atoms with Crippen LogP contribution in [0.4, 0.5) is 17.1 Å². The molecule has 0 unspecified atom stereocenters. The fraction of sp³-hybridized carbons (Fsp3) is 0.0278. The van der Waals surface area contributed by atoms with Gasteiger partial charge < -0.3 is 14.4 Å². The summed E-state index contributed by atoms with van der Waals surface area (Å²) < 4.78 is 13.4. The molecular formula is C72H45NO2. The Hall–Kier alpha value is -9.70. The Labute approximate surface area is 435 Å². The summed E-state index contributed by atoms with van der Waals surface area (Å²) in [6.45, 7) is 0. The van der Waals surface area contributed by atoms with Crippen molar-refractivity contribution in [3.05, 3.63) is 317 Å². The maximum atomic E-state index is 6.74. The summed E-state index contributed by atoms with van der Waals surface area (Å²) in [4.78, 5) is 2.45. The molecule has 12 aromatic rings. The Kier molecular flexibility index (Phi) is 8.88. The van der Waals surface area contributed by atoms with Gasteiger partial charge in [-0.3, -0.25) is 0 Å². The minimum atomic E-state index is -0.608. The second-order valence-corrected chi connectivity index (χ2v) is 20.3. The molecule has 2 spiro atoms. The van der Waals surface area contributed by atoms with Gasteiger partial charge in [0.15, 0.2) is 0 Å². The smallest absolute Gasteiger partial charge is 0.132 e. The number of hydrogen-bond acceptors (Lipinski definition) is 3. The van der Waals surface area contributed by atoms with Gasteiger partial charge in [-0.05, 0) is 150 Å². The summed E-state index contributed by atoms with van der Waals surface area (Å²) in [5.74, 6) is 3.55. The van der Waals surface area contributed by atoms with Crippen molar-refractivity contribution in [2.24, 2.45) is 0 Å². The minimum Gasteiger partial charge on any atom is -0.457 e. The van der Waals surface area contributed by atoms with E-state index in [4.69, 9.17) is 9.47 Å². The lowest BCUT2D eigenvalue weighted by molar-refractivity contribution is 0.436.